The molecule has 1 amide bonds. The van der Waals surface area contributed by atoms with Crippen LogP contribution in [0.25, 0.3) is 0 Å². The number of rotatable bonds is 4. The van der Waals surface area contributed by atoms with E-state index in [4.69, 9.17) is 9.47 Å². The predicted octanol–water partition coefficient (Wildman–Crippen LogP) is 3.26. The summed E-state index contributed by atoms with van der Waals surface area (Å²) < 4.78 is 10.3. The first kappa shape index (κ1) is 13.9. The molecule has 0 spiro atoms. The van der Waals surface area contributed by atoms with Crippen molar-refractivity contribution in [3.8, 4) is 11.5 Å². The van der Waals surface area contributed by atoms with E-state index in [1.807, 2.05) is 25.1 Å². The van der Waals surface area contributed by atoms with Crippen LogP contribution >= 0.6 is 0 Å². The van der Waals surface area contributed by atoms with Crippen molar-refractivity contribution in [2.24, 2.45) is 0 Å². The molecule has 0 unspecified atom stereocenters. The molecule has 0 heterocycles. The Morgan fingerprint density at radius 3 is 2.50 bits per heavy atom. The average molecular weight is 271 g/mol. The smallest absolute Gasteiger partial charge is 0.255 e. The molecule has 0 atom stereocenters. The molecule has 0 aliphatic rings. The molecule has 2 rings (SSSR count). The highest BCUT2D eigenvalue weighted by atomic mass is 16.5. The van der Waals surface area contributed by atoms with E-state index in [1.54, 1.807) is 38.5 Å². The van der Waals surface area contributed by atoms with Crippen LogP contribution < -0.4 is 14.8 Å². The van der Waals surface area contributed by atoms with E-state index in [0.29, 0.717) is 17.0 Å². The molecule has 0 bridgehead atoms. The fourth-order valence-electron chi connectivity index (χ4n) is 1.92. The first-order valence-corrected chi connectivity index (χ1v) is 6.24. The van der Waals surface area contributed by atoms with E-state index in [0.717, 1.165) is 11.3 Å². The largest absolute Gasteiger partial charge is 0.497 e. The van der Waals surface area contributed by atoms with Gasteiger partial charge in [0.1, 0.15) is 11.5 Å². The highest BCUT2D eigenvalue weighted by molar-refractivity contribution is 6.04. The quantitative estimate of drug-likeness (QED) is 0.928. The van der Waals surface area contributed by atoms with Crippen LogP contribution in [0.15, 0.2) is 42.5 Å². The lowest BCUT2D eigenvalue weighted by atomic mass is 10.1. The van der Waals surface area contributed by atoms with Crippen LogP contribution in [0.4, 0.5) is 5.69 Å². The zero-order chi connectivity index (χ0) is 14.5. The first-order chi connectivity index (χ1) is 9.63. The Morgan fingerprint density at radius 2 is 1.85 bits per heavy atom. The highest BCUT2D eigenvalue weighted by Crippen LogP contribution is 2.21. The van der Waals surface area contributed by atoms with Gasteiger partial charge in [-0.25, -0.2) is 0 Å². The number of ether oxygens (including phenoxy) is 2. The van der Waals surface area contributed by atoms with Crippen molar-refractivity contribution in [1.82, 2.24) is 0 Å². The summed E-state index contributed by atoms with van der Waals surface area (Å²) in [6.07, 6.45) is 0. The summed E-state index contributed by atoms with van der Waals surface area (Å²) in [5.74, 6) is 1.31. The van der Waals surface area contributed by atoms with Crippen molar-refractivity contribution >= 4 is 11.6 Å². The Morgan fingerprint density at radius 1 is 1.05 bits per heavy atom. The number of anilines is 1. The zero-order valence-electron chi connectivity index (χ0n) is 11.8. The van der Waals surface area contributed by atoms with Crippen molar-refractivity contribution in [3.63, 3.8) is 0 Å². The van der Waals surface area contributed by atoms with Crippen LogP contribution in [-0.4, -0.2) is 20.1 Å². The van der Waals surface area contributed by atoms with Gasteiger partial charge in [-0.05, 0) is 42.8 Å². The Balaban J connectivity index is 2.17. The second-order valence-corrected chi connectivity index (χ2v) is 4.37. The van der Waals surface area contributed by atoms with Crippen LogP contribution in [0.5, 0.6) is 11.5 Å². The topological polar surface area (TPSA) is 47.6 Å². The predicted molar refractivity (Wildman–Crippen MR) is 78.7 cm³/mol. The monoisotopic (exact) mass is 271 g/mol. The van der Waals surface area contributed by atoms with Gasteiger partial charge >= 0.3 is 0 Å². The number of aryl methyl sites for hydroxylation is 1. The fourth-order valence-corrected chi connectivity index (χ4v) is 1.92. The molecule has 2 aromatic rings. The molecule has 104 valence electrons. The maximum atomic E-state index is 12.2. The van der Waals surface area contributed by atoms with Gasteiger partial charge in [0.15, 0.2) is 0 Å². The molecule has 0 radical (unpaired) electrons. The summed E-state index contributed by atoms with van der Waals surface area (Å²) in [7, 11) is 3.20. The number of carbonyl (C=O) groups is 1. The highest BCUT2D eigenvalue weighted by Gasteiger charge is 2.08. The van der Waals surface area contributed by atoms with E-state index in [-0.39, 0.29) is 5.91 Å². The summed E-state index contributed by atoms with van der Waals surface area (Å²) in [5, 5.41) is 2.84. The van der Waals surface area contributed by atoms with Gasteiger partial charge in [-0.3, -0.25) is 4.79 Å². The molecule has 4 nitrogen and oxygen atoms in total. The maximum absolute atomic E-state index is 12.2. The van der Waals surface area contributed by atoms with Gasteiger partial charge in [-0.15, -0.1) is 0 Å². The molecule has 4 heteroatoms. The van der Waals surface area contributed by atoms with Crippen molar-refractivity contribution in [2.75, 3.05) is 19.5 Å². The van der Waals surface area contributed by atoms with Crippen molar-refractivity contribution in [3.05, 3.63) is 53.6 Å². The third kappa shape index (κ3) is 3.09. The molecule has 1 N–H and O–H groups in total. The van der Waals surface area contributed by atoms with Gasteiger partial charge in [-0.1, -0.05) is 6.07 Å². The van der Waals surface area contributed by atoms with Crippen LogP contribution in [0.2, 0.25) is 0 Å². The maximum Gasteiger partial charge on any atom is 0.255 e. The molecule has 0 aliphatic carbocycles. The van der Waals surface area contributed by atoms with E-state index in [9.17, 15) is 4.79 Å². The molecule has 0 fully saturated rings. The van der Waals surface area contributed by atoms with E-state index >= 15 is 0 Å². The van der Waals surface area contributed by atoms with E-state index < -0.39 is 0 Å². The third-order valence-electron chi connectivity index (χ3n) is 2.98. The summed E-state index contributed by atoms with van der Waals surface area (Å²) in [4.78, 5) is 12.2. The molecular formula is C16H17NO3. The molecule has 0 saturated carbocycles. The summed E-state index contributed by atoms with van der Waals surface area (Å²) in [6, 6.07) is 12.6. The van der Waals surface area contributed by atoms with Gasteiger partial charge in [0, 0.05) is 17.3 Å². The average Bonchev–Trinajstić information content (AvgIpc) is 2.47. The van der Waals surface area contributed by atoms with Crippen LogP contribution in [0.3, 0.4) is 0 Å². The fraction of sp³-hybridized carbons (Fsp3) is 0.188. The number of nitrogens with one attached hydrogen (secondary N) is 1. The number of carbonyl (C=O) groups excluding carboxylic acids is 1. The normalized spacial score (nSPS) is 9.95. The number of amides is 1. The minimum atomic E-state index is -0.163. The third-order valence-corrected chi connectivity index (χ3v) is 2.98. The number of hydrogen-bond donors (Lipinski definition) is 1. The lowest BCUT2D eigenvalue weighted by molar-refractivity contribution is 0.102. The second-order valence-electron chi connectivity index (χ2n) is 4.37. The Labute approximate surface area is 118 Å². The van der Waals surface area contributed by atoms with Gasteiger partial charge in [0.25, 0.3) is 5.91 Å². The number of methoxy groups -OCH3 is 2. The van der Waals surface area contributed by atoms with Gasteiger partial charge < -0.3 is 14.8 Å². The second kappa shape index (κ2) is 6.10. The minimum Gasteiger partial charge on any atom is -0.497 e. The Kier molecular flexibility index (Phi) is 4.25. The number of hydrogen-bond acceptors (Lipinski definition) is 3. The summed E-state index contributed by atoms with van der Waals surface area (Å²) in [6.45, 7) is 1.90. The van der Waals surface area contributed by atoms with Gasteiger partial charge in [-0.2, -0.15) is 0 Å². The number of benzene rings is 2. The van der Waals surface area contributed by atoms with Gasteiger partial charge in [0.05, 0.1) is 14.2 Å². The SMILES string of the molecule is COc1cccc(NC(=O)c2ccc(OC)c(C)c2)c1. The molecule has 0 aromatic heterocycles. The Bertz CT molecular complexity index is 623. The molecule has 20 heavy (non-hydrogen) atoms. The lowest BCUT2D eigenvalue weighted by Gasteiger charge is -2.09. The molecule has 0 aliphatic heterocycles. The van der Waals surface area contributed by atoms with Gasteiger partial charge in [0.2, 0.25) is 0 Å². The van der Waals surface area contributed by atoms with Crippen LogP contribution in [-0.2, 0) is 0 Å². The molecule has 2 aromatic carbocycles. The standard InChI is InChI=1S/C16H17NO3/c1-11-9-12(7-8-15(11)20-3)16(18)17-13-5-4-6-14(10-13)19-2/h4-10H,1-3H3,(H,17,18). The van der Waals surface area contributed by atoms with Crippen molar-refractivity contribution in [1.29, 1.82) is 0 Å². The summed E-state index contributed by atoms with van der Waals surface area (Å²) >= 11 is 0. The van der Waals surface area contributed by atoms with E-state index in [1.165, 1.54) is 0 Å². The molecule has 0 saturated heterocycles. The van der Waals surface area contributed by atoms with Crippen LogP contribution in [0, 0.1) is 6.92 Å². The zero-order valence-corrected chi connectivity index (χ0v) is 11.8. The van der Waals surface area contributed by atoms with Crippen LogP contribution in [0.1, 0.15) is 15.9 Å². The lowest BCUT2D eigenvalue weighted by Crippen LogP contribution is -2.12. The minimum absolute atomic E-state index is 0.163. The van der Waals surface area contributed by atoms with E-state index in [2.05, 4.69) is 5.32 Å². The molecular weight excluding hydrogens is 254 g/mol. The summed E-state index contributed by atoms with van der Waals surface area (Å²) in [5.41, 5.74) is 2.21. The Hall–Kier alpha value is -2.49. The first-order valence-electron chi connectivity index (χ1n) is 6.24. The van der Waals surface area contributed by atoms with Crippen molar-refractivity contribution in [2.45, 2.75) is 6.92 Å². The van der Waals surface area contributed by atoms with Crippen molar-refractivity contribution < 1.29 is 14.3 Å².